The zero-order valence-electron chi connectivity index (χ0n) is 27.0. The van der Waals surface area contributed by atoms with Crippen molar-refractivity contribution in [1.29, 1.82) is 0 Å². The minimum absolute atomic E-state index is 0.584. The Labute approximate surface area is 290 Å². The number of benzene rings is 7. The summed E-state index contributed by atoms with van der Waals surface area (Å²) < 4.78 is 18.8. The van der Waals surface area contributed by atoms with Crippen molar-refractivity contribution in [3.8, 4) is 45.3 Å². The van der Waals surface area contributed by atoms with Gasteiger partial charge in [0.05, 0.1) is 0 Å². The molecular weight excluding hydrogens is 631 g/mol. The smallest absolute Gasteiger partial charge is 0.164 e. The van der Waals surface area contributed by atoms with E-state index in [1.807, 2.05) is 97.1 Å². The summed E-state index contributed by atoms with van der Waals surface area (Å²) in [7, 11) is 0. The molecule has 0 amide bonds. The van der Waals surface area contributed by atoms with E-state index in [9.17, 15) is 0 Å². The molecule has 0 radical (unpaired) electrons. The molecule has 0 saturated carbocycles. The summed E-state index contributed by atoms with van der Waals surface area (Å²) in [6.07, 6.45) is 0. The topological polar surface area (TPSA) is 78.1 Å². The Kier molecular flexibility index (Phi) is 5.86. The summed E-state index contributed by atoms with van der Waals surface area (Å²) in [5, 5.41) is 6.25. The van der Waals surface area contributed by atoms with Gasteiger partial charge in [0.1, 0.15) is 33.5 Å². The first-order valence-electron chi connectivity index (χ1n) is 16.8. The first-order valence-corrected chi connectivity index (χ1v) is 16.8. The van der Waals surface area contributed by atoms with Crippen molar-refractivity contribution in [2.24, 2.45) is 0 Å². The van der Waals surface area contributed by atoms with Gasteiger partial charge in [0.25, 0.3) is 0 Å². The third-order valence-corrected chi connectivity index (χ3v) is 9.74. The fraction of sp³-hybridized carbons (Fsp3) is 0. The van der Waals surface area contributed by atoms with Crippen molar-refractivity contribution in [1.82, 2.24) is 15.0 Å². The number of fused-ring (bicyclic) bond motifs is 9. The lowest BCUT2D eigenvalue weighted by molar-refractivity contribution is 0.656. The van der Waals surface area contributed by atoms with E-state index >= 15 is 0 Å². The van der Waals surface area contributed by atoms with Crippen molar-refractivity contribution in [2.45, 2.75) is 0 Å². The first kappa shape index (κ1) is 27.9. The maximum atomic E-state index is 6.42. The molecule has 0 aliphatic heterocycles. The fourth-order valence-electron chi connectivity index (χ4n) is 7.41. The average Bonchev–Trinajstić information content (AvgIpc) is 3.88. The van der Waals surface area contributed by atoms with Crippen LogP contribution in [-0.4, -0.2) is 15.0 Å². The molecular formula is C45H25N3O3. The second-order valence-corrected chi connectivity index (χ2v) is 12.8. The molecule has 0 unspecified atom stereocenters. The molecule has 0 spiro atoms. The summed E-state index contributed by atoms with van der Waals surface area (Å²) in [5.74, 6) is 1.77. The van der Waals surface area contributed by atoms with Crippen LogP contribution in [0.15, 0.2) is 165 Å². The molecule has 238 valence electrons. The molecule has 0 aliphatic rings. The van der Waals surface area contributed by atoms with Crippen LogP contribution >= 0.6 is 0 Å². The van der Waals surface area contributed by atoms with E-state index in [0.717, 1.165) is 93.6 Å². The zero-order valence-corrected chi connectivity index (χ0v) is 27.0. The maximum absolute atomic E-state index is 6.42. The van der Waals surface area contributed by atoms with Crippen molar-refractivity contribution >= 4 is 65.8 Å². The zero-order chi connectivity index (χ0) is 33.5. The monoisotopic (exact) mass is 655 g/mol. The molecule has 0 bridgehead atoms. The van der Waals surface area contributed by atoms with Crippen LogP contribution in [0.2, 0.25) is 0 Å². The SMILES string of the molecule is c1ccc(-c2nc(-c3cccc(-c4cccc5oc6cc7oc8ccccc8c7cc6c45)c3)nc(-c3cccc4oc5ccccc5c34)n2)cc1. The number of hydrogen-bond acceptors (Lipinski definition) is 6. The predicted octanol–water partition coefficient (Wildman–Crippen LogP) is 12.2. The Morgan fingerprint density at radius 2 is 0.824 bits per heavy atom. The Bertz CT molecular complexity index is 3150. The molecule has 0 atom stereocenters. The lowest BCUT2D eigenvalue weighted by Crippen LogP contribution is -2.00. The van der Waals surface area contributed by atoms with Crippen molar-refractivity contribution in [3.05, 3.63) is 152 Å². The number of rotatable bonds is 4. The van der Waals surface area contributed by atoms with E-state index in [2.05, 4.69) is 54.6 Å². The lowest BCUT2D eigenvalue weighted by atomic mass is 9.97. The van der Waals surface area contributed by atoms with E-state index in [-0.39, 0.29) is 0 Å². The molecule has 0 aliphatic carbocycles. The van der Waals surface area contributed by atoms with Crippen molar-refractivity contribution in [3.63, 3.8) is 0 Å². The van der Waals surface area contributed by atoms with E-state index in [4.69, 9.17) is 28.2 Å². The summed E-state index contributed by atoms with van der Waals surface area (Å²) >= 11 is 0. The summed E-state index contributed by atoms with van der Waals surface area (Å²) in [6, 6.07) is 51.1. The molecule has 0 N–H and O–H groups in total. The van der Waals surface area contributed by atoms with Gasteiger partial charge in [-0.3, -0.25) is 0 Å². The van der Waals surface area contributed by atoms with Gasteiger partial charge in [-0.2, -0.15) is 0 Å². The summed E-state index contributed by atoms with van der Waals surface area (Å²) in [5.41, 5.74) is 9.67. The normalized spacial score (nSPS) is 11.9. The second kappa shape index (κ2) is 10.7. The van der Waals surface area contributed by atoms with Gasteiger partial charge in [-0.05, 0) is 47.5 Å². The molecule has 4 aromatic heterocycles. The Balaban J connectivity index is 1.11. The van der Waals surface area contributed by atoms with E-state index in [0.29, 0.717) is 17.5 Å². The number of para-hydroxylation sites is 2. The molecule has 4 heterocycles. The largest absolute Gasteiger partial charge is 0.456 e. The molecule has 51 heavy (non-hydrogen) atoms. The van der Waals surface area contributed by atoms with Gasteiger partial charge in [0, 0.05) is 55.1 Å². The van der Waals surface area contributed by atoms with E-state index < -0.39 is 0 Å². The van der Waals surface area contributed by atoms with Crippen LogP contribution in [0, 0.1) is 0 Å². The standard InChI is InChI=1S/C45H25N3O3/c1-2-11-26(12-3-1)43-46-44(48-45(47-43)32-18-10-22-38-42(32)31-16-5-7-20-36(31)49-38)28-14-8-13-27(23-28)29-17-9-21-37-41(29)34-24-33-30-15-4-6-19-35(30)50-39(33)25-40(34)51-37/h1-25H. The van der Waals surface area contributed by atoms with Crippen LogP contribution in [0.25, 0.3) is 111 Å². The highest BCUT2D eigenvalue weighted by Crippen LogP contribution is 2.42. The van der Waals surface area contributed by atoms with Crippen LogP contribution < -0.4 is 0 Å². The van der Waals surface area contributed by atoms with Gasteiger partial charge in [0.15, 0.2) is 17.5 Å². The van der Waals surface area contributed by atoms with Crippen LogP contribution in [-0.2, 0) is 0 Å². The highest BCUT2D eigenvalue weighted by atomic mass is 16.3. The number of aromatic nitrogens is 3. The maximum Gasteiger partial charge on any atom is 0.164 e. The second-order valence-electron chi connectivity index (χ2n) is 12.8. The fourth-order valence-corrected chi connectivity index (χ4v) is 7.41. The molecule has 0 saturated heterocycles. The predicted molar refractivity (Wildman–Crippen MR) is 203 cm³/mol. The van der Waals surface area contributed by atoms with Gasteiger partial charge in [-0.25, -0.2) is 15.0 Å². The summed E-state index contributed by atoms with van der Waals surface area (Å²) in [4.78, 5) is 15.2. The molecule has 7 aromatic carbocycles. The molecule has 6 nitrogen and oxygen atoms in total. The van der Waals surface area contributed by atoms with Crippen molar-refractivity contribution in [2.75, 3.05) is 0 Å². The number of nitrogens with zero attached hydrogens (tertiary/aromatic N) is 3. The summed E-state index contributed by atoms with van der Waals surface area (Å²) in [6.45, 7) is 0. The van der Waals surface area contributed by atoms with E-state index in [1.54, 1.807) is 0 Å². The lowest BCUT2D eigenvalue weighted by Gasteiger charge is -2.10. The molecule has 0 fully saturated rings. The average molecular weight is 656 g/mol. The number of furan rings is 3. The number of hydrogen-bond donors (Lipinski definition) is 0. The molecule has 11 rings (SSSR count). The Morgan fingerprint density at radius 3 is 1.65 bits per heavy atom. The highest BCUT2D eigenvalue weighted by Gasteiger charge is 2.20. The van der Waals surface area contributed by atoms with Gasteiger partial charge in [0.2, 0.25) is 0 Å². The Hall–Kier alpha value is -7.05. The van der Waals surface area contributed by atoms with E-state index in [1.165, 1.54) is 0 Å². The van der Waals surface area contributed by atoms with Gasteiger partial charge >= 0.3 is 0 Å². The minimum Gasteiger partial charge on any atom is -0.456 e. The quantitative estimate of drug-likeness (QED) is 0.188. The molecule has 11 aromatic rings. The highest BCUT2D eigenvalue weighted by molar-refractivity contribution is 6.18. The van der Waals surface area contributed by atoms with Gasteiger partial charge in [-0.1, -0.05) is 109 Å². The van der Waals surface area contributed by atoms with Gasteiger partial charge in [-0.15, -0.1) is 0 Å². The minimum atomic E-state index is 0.584. The van der Waals surface area contributed by atoms with Crippen LogP contribution in [0.3, 0.4) is 0 Å². The third-order valence-electron chi connectivity index (χ3n) is 9.74. The van der Waals surface area contributed by atoms with Crippen LogP contribution in [0.1, 0.15) is 0 Å². The molecule has 6 heteroatoms. The van der Waals surface area contributed by atoms with Gasteiger partial charge < -0.3 is 13.3 Å². The first-order chi connectivity index (χ1) is 25.2. The third kappa shape index (κ3) is 4.33. The Morgan fingerprint density at radius 1 is 0.294 bits per heavy atom. The van der Waals surface area contributed by atoms with Crippen LogP contribution in [0.5, 0.6) is 0 Å². The van der Waals surface area contributed by atoms with Crippen LogP contribution in [0.4, 0.5) is 0 Å². The van der Waals surface area contributed by atoms with Crippen molar-refractivity contribution < 1.29 is 13.3 Å².